The van der Waals surface area contributed by atoms with Crippen LogP contribution in [0.5, 0.6) is 0 Å². The molecule has 1 amide bonds. The van der Waals surface area contributed by atoms with E-state index in [1.54, 1.807) is 6.07 Å². The minimum atomic E-state index is -0.190. The topological polar surface area (TPSA) is 69.8 Å². The van der Waals surface area contributed by atoms with Crippen molar-refractivity contribution >= 4 is 5.91 Å². The number of H-pyrrole nitrogens is 1. The highest BCUT2D eigenvalue weighted by Crippen LogP contribution is 2.35. The van der Waals surface area contributed by atoms with E-state index in [-0.39, 0.29) is 23.7 Å². The van der Waals surface area contributed by atoms with Crippen molar-refractivity contribution in [3.8, 4) is 0 Å². The fourth-order valence-electron chi connectivity index (χ4n) is 3.82. The molecule has 1 aliphatic carbocycles. The van der Waals surface area contributed by atoms with Crippen molar-refractivity contribution < 1.29 is 9.18 Å². The van der Waals surface area contributed by atoms with Crippen LogP contribution in [0.4, 0.5) is 4.39 Å². The normalized spacial score (nSPS) is 22.6. The number of amides is 1. The van der Waals surface area contributed by atoms with E-state index < -0.39 is 0 Å². The van der Waals surface area contributed by atoms with E-state index in [9.17, 15) is 9.18 Å². The van der Waals surface area contributed by atoms with E-state index in [0.29, 0.717) is 12.2 Å². The first-order valence-corrected chi connectivity index (χ1v) is 8.50. The minimum Gasteiger partial charge on any atom is -0.344 e. The van der Waals surface area contributed by atoms with Crippen molar-refractivity contribution in [2.45, 2.75) is 38.8 Å². The second-order valence-electron chi connectivity index (χ2n) is 6.73. The Balaban J connectivity index is 1.62. The van der Waals surface area contributed by atoms with Gasteiger partial charge in [-0.1, -0.05) is 19.1 Å². The number of benzene rings is 1. The molecule has 0 fully saturated rings. The lowest BCUT2D eigenvalue weighted by atomic mass is 9.80. The fraction of sp³-hybridized carbons (Fsp3) is 0.444. The maximum Gasteiger partial charge on any atom is 0.272 e. The number of carbonyl (C=O) groups excluding carboxylic acids is 1. The molecule has 1 aliphatic heterocycles. The van der Waals surface area contributed by atoms with Crippen LogP contribution < -0.4 is 10.6 Å². The van der Waals surface area contributed by atoms with Crippen LogP contribution >= 0.6 is 0 Å². The van der Waals surface area contributed by atoms with E-state index in [0.717, 1.165) is 48.2 Å². The Kier molecular flexibility index (Phi) is 3.84. The van der Waals surface area contributed by atoms with Gasteiger partial charge in [-0.25, -0.2) is 4.39 Å². The van der Waals surface area contributed by atoms with E-state index in [1.807, 2.05) is 6.07 Å². The molecule has 0 saturated carbocycles. The summed E-state index contributed by atoms with van der Waals surface area (Å²) in [6.45, 7) is 3.64. The monoisotopic (exact) mass is 328 g/mol. The van der Waals surface area contributed by atoms with Crippen molar-refractivity contribution in [2.24, 2.45) is 5.92 Å². The number of aromatic amines is 1. The Morgan fingerprint density at radius 3 is 3.08 bits per heavy atom. The number of rotatable bonds is 2. The Labute approximate surface area is 140 Å². The third kappa shape index (κ3) is 2.51. The number of nitrogens with zero attached hydrogens (tertiary/aromatic N) is 1. The predicted octanol–water partition coefficient (Wildman–Crippen LogP) is 2.25. The summed E-state index contributed by atoms with van der Waals surface area (Å²) in [5, 5.41) is 13.5. The van der Waals surface area contributed by atoms with Crippen LogP contribution in [0, 0.1) is 11.7 Å². The Morgan fingerprint density at radius 1 is 1.33 bits per heavy atom. The van der Waals surface area contributed by atoms with Crippen molar-refractivity contribution in [2.75, 3.05) is 6.54 Å². The van der Waals surface area contributed by atoms with E-state index in [1.165, 1.54) is 6.07 Å². The van der Waals surface area contributed by atoms with Crippen molar-refractivity contribution in [1.29, 1.82) is 0 Å². The van der Waals surface area contributed by atoms with E-state index in [2.05, 4.69) is 27.8 Å². The number of fused-ring (bicyclic) bond motifs is 2. The molecule has 6 heteroatoms. The standard InChI is InChI=1S/C18H21FN4O/c1-10-5-6-11-12(3-2-4-14(11)19)16(10)21-18(24)17-13-9-20-8-7-15(13)22-23-17/h2-4,10,16,20H,5-9H2,1H3,(H,21,24)(H,22,23). The van der Waals surface area contributed by atoms with Gasteiger partial charge < -0.3 is 10.6 Å². The van der Waals surface area contributed by atoms with Gasteiger partial charge in [0, 0.05) is 30.8 Å². The smallest absolute Gasteiger partial charge is 0.272 e. The maximum absolute atomic E-state index is 14.1. The summed E-state index contributed by atoms with van der Waals surface area (Å²) in [6, 6.07) is 4.94. The van der Waals surface area contributed by atoms with Crippen LogP contribution in [-0.2, 0) is 19.4 Å². The molecule has 0 saturated heterocycles. The van der Waals surface area contributed by atoms with Gasteiger partial charge in [-0.05, 0) is 36.0 Å². The molecule has 2 aliphatic rings. The number of hydrogen-bond donors (Lipinski definition) is 3. The molecule has 2 heterocycles. The van der Waals surface area contributed by atoms with Crippen LogP contribution in [-0.4, -0.2) is 22.6 Å². The summed E-state index contributed by atoms with van der Waals surface area (Å²) >= 11 is 0. The van der Waals surface area contributed by atoms with Gasteiger partial charge in [-0.2, -0.15) is 5.10 Å². The quantitative estimate of drug-likeness (QED) is 0.792. The molecule has 4 rings (SSSR count). The van der Waals surface area contributed by atoms with Gasteiger partial charge in [0.15, 0.2) is 5.69 Å². The van der Waals surface area contributed by atoms with Gasteiger partial charge in [0.05, 0.1) is 6.04 Å². The molecular weight excluding hydrogens is 307 g/mol. The molecule has 24 heavy (non-hydrogen) atoms. The third-order valence-corrected chi connectivity index (χ3v) is 5.22. The average Bonchev–Trinajstić information content (AvgIpc) is 3.02. The summed E-state index contributed by atoms with van der Waals surface area (Å²) in [5.74, 6) is -0.110. The number of nitrogens with one attached hydrogen (secondary N) is 3. The molecule has 2 aromatic rings. The molecule has 2 atom stereocenters. The summed E-state index contributed by atoms with van der Waals surface area (Å²) in [5.41, 5.74) is 4.05. The zero-order valence-corrected chi connectivity index (χ0v) is 13.7. The lowest BCUT2D eigenvalue weighted by Gasteiger charge is -2.32. The van der Waals surface area contributed by atoms with Crippen LogP contribution in [0.2, 0.25) is 0 Å². The number of halogens is 1. The summed E-state index contributed by atoms with van der Waals surface area (Å²) in [6.07, 6.45) is 2.43. The molecule has 2 unspecified atom stereocenters. The molecule has 0 radical (unpaired) electrons. The lowest BCUT2D eigenvalue weighted by Crippen LogP contribution is -2.36. The van der Waals surface area contributed by atoms with Crippen molar-refractivity contribution in [1.82, 2.24) is 20.8 Å². The summed E-state index contributed by atoms with van der Waals surface area (Å²) in [4.78, 5) is 12.8. The summed E-state index contributed by atoms with van der Waals surface area (Å²) in [7, 11) is 0. The Morgan fingerprint density at radius 2 is 2.21 bits per heavy atom. The molecule has 1 aromatic carbocycles. The van der Waals surface area contributed by atoms with Crippen molar-refractivity contribution in [3.05, 3.63) is 52.1 Å². The summed E-state index contributed by atoms with van der Waals surface area (Å²) < 4.78 is 14.1. The molecular formula is C18H21FN4O. The van der Waals surface area contributed by atoms with Crippen LogP contribution in [0.25, 0.3) is 0 Å². The van der Waals surface area contributed by atoms with E-state index in [4.69, 9.17) is 0 Å². The Bertz CT molecular complexity index is 785. The van der Waals surface area contributed by atoms with Gasteiger partial charge in [-0.3, -0.25) is 9.89 Å². The first-order chi connectivity index (χ1) is 11.6. The van der Waals surface area contributed by atoms with E-state index >= 15 is 0 Å². The van der Waals surface area contributed by atoms with Crippen molar-refractivity contribution in [3.63, 3.8) is 0 Å². The first-order valence-electron chi connectivity index (χ1n) is 8.50. The largest absolute Gasteiger partial charge is 0.344 e. The second kappa shape index (κ2) is 6.02. The number of aromatic nitrogens is 2. The van der Waals surface area contributed by atoms with Gasteiger partial charge in [0.2, 0.25) is 0 Å². The highest BCUT2D eigenvalue weighted by atomic mass is 19.1. The second-order valence-corrected chi connectivity index (χ2v) is 6.73. The molecule has 5 nitrogen and oxygen atoms in total. The Hall–Kier alpha value is -2.21. The van der Waals surface area contributed by atoms with Crippen LogP contribution in [0.1, 0.15) is 52.3 Å². The molecule has 0 bridgehead atoms. The van der Waals surface area contributed by atoms with Crippen LogP contribution in [0.3, 0.4) is 0 Å². The molecule has 3 N–H and O–H groups in total. The molecule has 126 valence electrons. The minimum absolute atomic E-state index is 0.180. The SMILES string of the molecule is CC1CCc2c(F)cccc2C1NC(=O)c1n[nH]c2c1CNCC2. The lowest BCUT2D eigenvalue weighted by molar-refractivity contribution is 0.0912. The number of carbonyl (C=O) groups is 1. The average molecular weight is 328 g/mol. The highest BCUT2D eigenvalue weighted by molar-refractivity contribution is 5.94. The van der Waals surface area contributed by atoms with Crippen LogP contribution in [0.15, 0.2) is 18.2 Å². The van der Waals surface area contributed by atoms with Gasteiger partial charge in [-0.15, -0.1) is 0 Å². The van der Waals surface area contributed by atoms with Gasteiger partial charge in [0.1, 0.15) is 5.82 Å². The zero-order chi connectivity index (χ0) is 16.7. The predicted molar refractivity (Wildman–Crippen MR) is 88.1 cm³/mol. The fourth-order valence-corrected chi connectivity index (χ4v) is 3.82. The first kappa shape index (κ1) is 15.3. The maximum atomic E-state index is 14.1. The van der Waals surface area contributed by atoms with Gasteiger partial charge in [0.25, 0.3) is 5.91 Å². The number of hydrogen-bond acceptors (Lipinski definition) is 3. The zero-order valence-electron chi connectivity index (χ0n) is 13.7. The molecule has 1 aromatic heterocycles. The van der Waals surface area contributed by atoms with Gasteiger partial charge >= 0.3 is 0 Å². The highest BCUT2D eigenvalue weighted by Gasteiger charge is 2.31. The molecule has 0 spiro atoms. The third-order valence-electron chi connectivity index (χ3n) is 5.22.